The van der Waals surface area contributed by atoms with E-state index in [0.717, 1.165) is 5.56 Å². The molecule has 1 unspecified atom stereocenters. The van der Waals surface area contributed by atoms with Crippen LogP contribution in [0.1, 0.15) is 24.9 Å². The SMILES string of the molecule is CCC(NS(=O)(=O)c1cnc(Cl)nc1)c1cccc(Cl)c1. The van der Waals surface area contributed by atoms with Crippen molar-refractivity contribution in [1.82, 2.24) is 14.7 Å². The van der Waals surface area contributed by atoms with Crippen LogP contribution in [0.4, 0.5) is 0 Å². The van der Waals surface area contributed by atoms with Crippen molar-refractivity contribution in [2.75, 3.05) is 0 Å². The third-order valence-corrected chi connectivity index (χ3v) is 4.72. The monoisotopic (exact) mass is 345 g/mol. The van der Waals surface area contributed by atoms with Crippen LogP contribution in [0.2, 0.25) is 10.3 Å². The van der Waals surface area contributed by atoms with Gasteiger partial charge in [-0.2, -0.15) is 0 Å². The lowest BCUT2D eigenvalue weighted by Gasteiger charge is -2.17. The van der Waals surface area contributed by atoms with E-state index in [1.165, 1.54) is 12.4 Å². The summed E-state index contributed by atoms with van der Waals surface area (Å²) in [4.78, 5) is 7.32. The van der Waals surface area contributed by atoms with Gasteiger partial charge in [-0.15, -0.1) is 0 Å². The minimum absolute atomic E-state index is 0.00386. The Morgan fingerprint density at radius 2 is 1.90 bits per heavy atom. The molecule has 112 valence electrons. The molecule has 0 aliphatic rings. The molecule has 5 nitrogen and oxygen atoms in total. The number of sulfonamides is 1. The van der Waals surface area contributed by atoms with Crippen molar-refractivity contribution in [3.63, 3.8) is 0 Å². The van der Waals surface area contributed by atoms with Crippen molar-refractivity contribution in [3.05, 3.63) is 52.5 Å². The number of rotatable bonds is 5. The van der Waals surface area contributed by atoms with Crippen LogP contribution in [-0.2, 0) is 10.0 Å². The molecule has 21 heavy (non-hydrogen) atoms. The first kappa shape index (κ1) is 16.2. The molecule has 1 aromatic heterocycles. The molecule has 0 aliphatic heterocycles. The number of aromatic nitrogens is 2. The highest BCUT2D eigenvalue weighted by atomic mass is 35.5. The molecule has 1 atom stereocenters. The smallest absolute Gasteiger partial charge is 0.225 e. The van der Waals surface area contributed by atoms with Crippen LogP contribution >= 0.6 is 23.2 Å². The zero-order valence-corrected chi connectivity index (χ0v) is 13.5. The van der Waals surface area contributed by atoms with Gasteiger partial charge in [0.15, 0.2) is 0 Å². The number of halogens is 2. The molecule has 2 rings (SSSR count). The summed E-state index contributed by atoms with van der Waals surface area (Å²) in [6, 6.07) is 6.68. The summed E-state index contributed by atoms with van der Waals surface area (Å²) in [6.07, 6.45) is 2.92. The Bertz CT molecular complexity index is 720. The van der Waals surface area contributed by atoms with Crippen molar-refractivity contribution in [1.29, 1.82) is 0 Å². The molecule has 2 aromatic rings. The first-order valence-electron chi connectivity index (χ1n) is 6.17. The van der Waals surface area contributed by atoms with E-state index in [0.29, 0.717) is 11.4 Å². The van der Waals surface area contributed by atoms with Crippen molar-refractivity contribution < 1.29 is 8.42 Å². The molecule has 0 spiro atoms. The molecule has 0 saturated heterocycles. The van der Waals surface area contributed by atoms with Gasteiger partial charge in [-0.1, -0.05) is 30.7 Å². The van der Waals surface area contributed by atoms with Gasteiger partial charge in [0.1, 0.15) is 4.90 Å². The standard InChI is InChI=1S/C13H13Cl2N3O2S/c1-2-12(9-4-3-5-10(14)6-9)18-21(19,20)11-7-16-13(15)17-8-11/h3-8,12,18H,2H2,1H3. The summed E-state index contributed by atoms with van der Waals surface area (Å²) >= 11 is 11.5. The molecule has 0 aliphatic carbocycles. The Kier molecular flexibility index (Phi) is 5.16. The zero-order valence-electron chi connectivity index (χ0n) is 11.1. The molecular weight excluding hydrogens is 333 g/mol. The van der Waals surface area contributed by atoms with Gasteiger partial charge in [-0.3, -0.25) is 0 Å². The fraction of sp³-hybridized carbons (Fsp3) is 0.231. The normalized spacial score (nSPS) is 13.1. The van der Waals surface area contributed by atoms with E-state index in [-0.39, 0.29) is 16.2 Å². The molecule has 0 bridgehead atoms. The van der Waals surface area contributed by atoms with Gasteiger partial charge in [0.2, 0.25) is 15.3 Å². The van der Waals surface area contributed by atoms with Crippen LogP contribution in [0.3, 0.4) is 0 Å². The number of hydrogen-bond donors (Lipinski definition) is 1. The van der Waals surface area contributed by atoms with Gasteiger partial charge < -0.3 is 0 Å². The van der Waals surface area contributed by atoms with Crippen LogP contribution in [0, 0.1) is 0 Å². The summed E-state index contributed by atoms with van der Waals surface area (Å²) in [5.74, 6) is 0. The molecule has 1 aromatic carbocycles. The summed E-state index contributed by atoms with van der Waals surface area (Å²) in [5.41, 5.74) is 0.795. The molecule has 8 heteroatoms. The van der Waals surface area contributed by atoms with Crippen LogP contribution in [0.15, 0.2) is 41.6 Å². The Morgan fingerprint density at radius 1 is 1.24 bits per heavy atom. The van der Waals surface area contributed by atoms with E-state index < -0.39 is 10.0 Å². The quantitative estimate of drug-likeness (QED) is 0.844. The first-order chi connectivity index (χ1) is 9.92. The molecule has 1 N–H and O–H groups in total. The number of hydrogen-bond acceptors (Lipinski definition) is 4. The van der Waals surface area contributed by atoms with Crippen LogP contribution in [0.25, 0.3) is 0 Å². The van der Waals surface area contributed by atoms with Gasteiger partial charge >= 0.3 is 0 Å². The predicted octanol–water partition coefficient (Wildman–Crippen LogP) is 3.21. The Labute approximate surface area is 133 Å². The largest absolute Gasteiger partial charge is 0.244 e. The minimum atomic E-state index is -3.73. The lowest BCUT2D eigenvalue weighted by molar-refractivity contribution is 0.549. The average Bonchev–Trinajstić information content (AvgIpc) is 2.45. The van der Waals surface area contributed by atoms with Gasteiger partial charge in [0.25, 0.3) is 0 Å². The maximum absolute atomic E-state index is 12.3. The van der Waals surface area contributed by atoms with E-state index in [9.17, 15) is 8.42 Å². The predicted molar refractivity (Wildman–Crippen MR) is 81.8 cm³/mol. The van der Waals surface area contributed by atoms with Crippen molar-refractivity contribution >= 4 is 33.2 Å². The maximum Gasteiger partial charge on any atom is 0.244 e. The van der Waals surface area contributed by atoms with E-state index in [2.05, 4.69) is 14.7 Å². The second kappa shape index (κ2) is 6.70. The topological polar surface area (TPSA) is 72.0 Å². The highest BCUT2D eigenvalue weighted by Crippen LogP contribution is 2.22. The summed E-state index contributed by atoms with van der Waals surface area (Å²) in [5, 5.41) is 0.552. The second-order valence-corrected chi connectivity index (χ2v) is 6.81. The lowest BCUT2D eigenvalue weighted by atomic mass is 10.1. The zero-order chi connectivity index (χ0) is 15.5. The molecule has 0 saturated carbocycles. The summed E-state index contributed by atoms with van der Waals surface area (Å²) in [6.45, 7) is 1.88. The number of benzene rings is 1. The minimum Gasteiger partial charge on any atom is -0.225 e. The Balaban J connectivity index is 2.27. The number of nitrogens with zero attached hydrogens (tertiary/aromatic N) is 2. The van der Waals surface area contributed by atoms with Crippen molar-refractivity contribution in [2.24, 2.45) is 0 Å². The summed E-state index contributed by atoms with van der Waals surface area (Å²) < 4.78 is 27.2. The maximum atomic E-state index is 12.3. The van der Waals surface area contributed by atoms with Gasteiger partial charge in [0.05, 0.1) is 12.4 Å². The van der Waals surface area contributed by atoms with Crippen molar-refractivity contribution in [3.8, 4) is 0 Å². The molecular formula is C13H13Cl2N3O2S. The lowest BCUT2D eigenvalue weighted by Crippen LogP contribution is -2.28. The highest BCUT2D eigenvalue weighted by Gasteiger charge is 2.21. The van der Waals surface area contributed by atoms with Crippen LogP contribution < -0.4 is 4.72 Å². The highest BCUT2D eigenvalue weighted by molar-refractivity contribution is 7.89. The third kappa shape index (κ3) is 4.14. The Hall–Kier alpha value is -1.21. The van der Waals surface area contributed by atoms with Crippen LogP contribution in [-0.4, -0.2) is 18.4 Å². The Morgan fingerprint density at radius 3 is 2.48 bits per heavy atom. The third-order valence-electron chi connectivity index (χ3n) is 2.86. The van der Waals surface area contributed by atoms with Gasteiger partial charge in [0, 0.05) is 11.1 Å². The average molecular weight is 346 g/mol. The summed E-state index contributed by atoms with van der Waals surface area (Å²) in [7, 11) is -3.73. The number of nitrogens with one attached hydrogen (secondary N) is 1. The van der Waals surface area contributed by atoms with E-state index in [4.69, 9.17) is 23.2 Å². The molecule has 0 fully saturated rings. The fourth-order valence-corrected chi connectivity index (χ4v) is 3.30. The van der Waals surface area contributed by atoms with E-state index in [1.54, 1.807) is 18.2 Å². The van der Waals surface area contributed by atoms with E-state index in [1.807, 2.05) is 13.0 Å². The second-order valence-electron chi connectivity index (χ2n) is 4.32. The molecule has 0 radical (unpaired) electrons. The van der Waals surface area contributed by atoms with Crippen molar-refractivity contribution in [2.45, 2.75) is 24.3 Å². The van der Waals surface area contributed by atoms with Gasteiger partial charge in [-0.25, -0.2) is 23.1 Å². The molecule has 0 amide bonds. The van der Waals surface area contributed by atoms with Gasteiger partial charge in [-0.05, 0) is 35.7 Å². The fourth-order valence-electron chi connectivity index (χ4n) is 1.80. The van der Waals surface area contributed by atoms with Crippen LogP contribution in [0.5, 0.6) is 0 Å². The van der Waals surface area contributed by atoms with E-state index >= 15 is 0 Å². The molecule has 1 heterocycles. The first-order valence-corrected chi connectivity index (χ1v) is 8.41.